The molecular weight excluding hydrogens is 296 g/mol. The molecule has 0 bridgehead atoms. The zero-order valence-corrected chi connectivity index (χ0v) is 13.2. The number of nitrogens with one attached hydrogen (secondary N) is 1. The Bertz CT molecular complexity index is 754. The quantitative estimate of drug-likeness (QED) is 0.756. The molecule has 114 valence electrons. The lowest BCUT2D eigenvalue weighted by Crippen LogP contribution is -2.33. The first-order valence-electron chi connectivity index (χ1n) is 7.34. The van der Waals surface area contributed by atoms with E-state index in [1.54, 1.807) is 0 Å². The summed E-state index contributed by atoms with van der Waals surface area (Å²) in [6, 6.07) is 17.8. The van der Waals surface area contributed by atoms with Crippen molar-refractivity contribution in [2.24, 2.45) is 0 Å². The topological polar surface area (TPSA) is 37.2 Å². The van der Waals surface area contributed by atoms with Crippen LogP contribution in [0.1, 0.15) is 11.6 Å². The molecule has 1 aromatic heterocycles. The van der Waals surface area contributed by atoms with Crippen LogP contribution in [-0.4, -0.2) is 29.4 Å². The van der Waals surface area contributed by atoms with Crippen molar-refractivity contribution < 1.29 is 5.11 Å². The lowest BCUT2D eigenvalue weighted by molar-refractivity contribution is 0.132. The van der Waals surface area contributed by atoms with Gasteiger partial charge in [-0.2, -0.15) is 0 Å². The van der Waals surface area contributed by atoms with E-state index < -0.39 is 6.10 Å². The first-order chi connectivity index (χ1) is 10.7. The first-order valence-corrected chi connectivity index (χ1v) is 7.72. The van der Waals surface area contributed by atoms with Crippen LogP contribution in [0.2, 0.25) is 5.02 Å². The summed E-state index contributed by atoms with van der Waals surface area (Å²) in [5, 5.41) is 15.5. The molecule has 0 saturated heterocycles. The van der Waals surface area contributed by atoms with Gasteiger partial charge in [0.1, 0.15) is 0 Å². The summed E-state index contributed by atoms with van der Waals surface area (Å²) in [6.45, 7) is 0.521. The number of hydrogen-bond donors (Lipinski definition) is 2. The highest BCUT2D eigenvalue weighted by Crippen LogP contribution is 2.29. The van der Waals surface area contributed by atoms with Gasteiger partial charge in [0.15, 0.2) is 0 Å². The van der Waals surface area contributed by atoms with Gasteiger partial charge in [-0.05, 0) is 36.9 Å². The van der Waals surface area contributed by atoms with Gasteiger partial charge in [-0.15, -0.1) is 0 Å². The van der Waals surface area contributed by atoms with Gasteiger partial charge in [0.25, 0.3) is 0 Å². The molecule has 0 aliphatic carbocycles. The number of nitrogens with zero attached hydrogens (tertiary/aromatic N) is 1. The Morgan fingerprint density at radius 3 is 2.64 bits per heavy atom. The molecule has 0 spiro atoms. The molecule has 2 atom stereocenters. The van der Waals surface area contributed by atoms with Crippen LogP contribution in [0.3, 0.4) is 0 Å². The summed E-state index contributed by atoms with van der Waals surface area (Å²) >= 11 is 6.07. The van der Waals surface area contributed by atoms with E-state index in [4.69, 9.17) is 11.6 Å². The Kier molecular flexibility index (Phi) is 4.48. The average molecular weight is 315 g/mol. The lowest BCUT2D eigenvalue weighted by atomic mass is 10.0. The maximum atomic E-state index is 10.6. The fourth-order valence-corrected chi connectivity index (χ4v) is 3.10. The zero-order chi connectivity index (χ0) is 15.5. The second-order valence-corrected chi connectivity index (χ2v) is 5.84. The van der Waals surface area contributed by atoms with Crippen molar-refractivity contribution in [2.45, 2.75) is 12.1 Å². The van der Waals surface area contributed by atoms with Gasteiger partial charge in [-0.25, -0.2) is 0 Å². The second kappa shape index (κ2) is 6.53. The molecular formula is C18H19ClN2O. The molecule has 22 heavy (non-hydrogen) atoms. The normalized spacial score (nSPS) is 14.1. The summed E-state index contributed by atoms with van der Waals surface area (Å²) in [7, 11) is 1.85. The maximum absolute atomic E-state index is 10.6. The van der Waals surface area contributed by atoms with Crippen LogP contribution in [0.25, 0.3) is 10.9 Å². The van der Waals surface area contributed by atoms with Crippen molar-refractivity contribution in [3.05, 3.63) is 71.4 Å². The molecule has 0 unspecified atom stereocenters. The standard InChI is InChI=1S/C18H19ClN2O/c1-20-12-17(22)18(13-5-3-2-4-6-13)21-10-9-14-11-15(19)7-8-16(14)21/h2-11,17-18,20,22H,12H2,1H3/t17-,18-/m1/s1. The van der Waals surface area contributed by atoms with Crippen molar-refractivity contribution in [3.63, 3.8) is 0 Å². The van der Waals surface area contributed by atoms with E-state index in [1.165, 1.54) is 0 Å². The Balaban J connectivity index is 2.11. The van der Waals surface area contributed by atoms with Crippen molar-refractivity contribution in [3.8, 4) is 0 Å². The average Bonchev–Trinajstić information content (AvgIpc) is 2.92. The van der Waals surface area contributed by atoms with Gasteiger partial charge in [0.05, 0.1) is 12.1 Å². The van der Waals surface area contributed by atoms with Gasteiger partial charge in [0.2, 0.25) is 0 Å². The van der Waals surface area contributed by atoms with Crippen LogP contribution in [0.4, 0.5) is 0 Å². The molecule has 2 aromatic carbocycles. The number of aliphatic hydroxyl groups excluding tert-OH is 1. The van der Waals surface area contributed by atoms with Crippen molar-refractivity contribution in [1.82, 2.24) is 9.88 Å². The van der Waals surface area contributed by atoms with Crippen molar-refractivity contribution in [2.75, 3.05) is 13.6 Å². The summed E-state index contributed by atoms with van der Waals surface area (Å²) in [6.07, 6.45) is 1.48. The minimum Gasteiger partial charge on any atom is -0.389 e. The number of benzene rings is 2. The van der Waals surface area contributed by atoms with Crippen LogP contribution >= 0.6 is 11.6 Å². The predicted molar refractivity (Wildman–Crippen MR) is 91.5 cm³/mol. The maximum Gasteiger partial charge on any atom is 0.0912 e. The number of likely N-dealkylation sites (N-methyl/N-ethyl adjacent to an activating group) is 1. The van der Waals surface area contributed by atoms with Crippen LogP contribution < -0.4 is 5.32 Å². The number of hydrogen-bond acceptors (Lipinski definition) is 2. The van der Waals surface area contributed by atoms with Crippen molar-refractivity contribution >= 4 is 22.5 Å². The molecule has 2 N–H and O–H groups in total. The Morgan fingerprint density at radius 1 is 1.14 bits per heavy atom. The molecule has 0 aliphatic rings. The van der Waals surface area contributed by atoms with Crippen molar-refractivity contribution in [1.29, 1.82) is 0 Å². The zero-order valence-electron chi connectivity index (χ0n) is 12.4. The fraction of sp³-hybridized carbons (Fsp3) is 0.222. The number of rotatable bonds is 5. The van der Waals surface area contributed by atoms with Crippen LogP contribution in [0.15, 0.2) is 60.8 Å². The van der Waals surface area contributed by atoms with Gasteiger partial charge in [-0.1, -0.05) is 41.9 Å². The van der Waals surface area contributed by atoms with Gasteiger partial charge < -0.3 is 15.0 Å². The fourth-order valence-electron chi connectivity index (χ4n) is 2.92. The summed E-state index contributed by atoms with van der Waals surface area (Å²) in [4.78, 5) is 0. The third-order valence-corrected chi connectivity index (χ3v) is 4.14. The Morgan fingerprint density at radius 2 is 1.91 bits per heavy atom. The monoisotopic (exact) mass is 314 g/mol. The molecule has 4 heteroatoms. The predicted octanol–water partition coefficient (Wildman–Crippen LogP) is 3.46. The highest BCUT2D eigenvalue weighted by molar-refractivity contribution is 6.31. The van der Waals surface area contributed by atoms with E-state index >= 15 is 0 Å². The highest BCUT2D eigenvalue weighted by Gasteiger charge is 2.23. The van der Waals surface area contributed by atoms with E-state index in [1.807, 2.05) is 67.8 Å². The Labute approximate surface area is 135 Å². The lowest BCUT2D eigenvalue weighted by Gasteiger charge is -2.26. The minimum atomic E-state index is -0.529. The van der Waals surface area contributed by atoms with E-state index in [2.05, 4.69) is 9.88 Å². The molecule has 3 nitrogen and oxygen atoms in total. The van der Waals surface area contributed by atoms with Gasteiger partial charge in [-0.3, -0.25) is 0 Å². The smallest absolute Gasteiger partial charge is 0.0912 e. The third-order valence-electron chi connectivity index (χ3n) is 3.90. The molecule has 0 amide bonds. The molecule has 0 radical (unpaired) electrons. The van der Waals surface area contributed by atoms with Crippen LogP contribution in [0, 0.1) is 0 Å². The molecule has 1 heterocycles. The van der Waals surface area contributed by atoms with Crippen LogP contribution in [-0.2, 0) is 0 Å². The molecule has 0 saturated carbocycles. The molecule has 3 rings (SSSR count). The van der Waals surface area contributed by atoms with Gasteiger partial charge in [0, 0.05) is 28.7 Å². The minimum absolute atomic E-state index is 0.146. The number of aromatic nitrogens is 1. The van der Waals surface area contributed by atoms with Crippen LogP contribution in [0.5, 0.6) is 0 Å². The van der Waals surface area contributed by atoms with E-state index in [9.17, 15) is 5.11 Å². The summed E-state index contributed by atoms with van der Waals surface area (Å²) in [5.74, 6) is 0. The largest absolute Gasteiger partial charge is 0.389 e. The summed E-state index contributed by atoms with van der Waals surface area (Å²) in [5.41, 5.74) is 2.14. The molecule has 0 fully saturated rings. The second-order valence-electron chi connectivity index (χ2n) is 5.41. The number of halogens is 1. The van der Waals surface area contributed by atoms with Gasteiger partial charge >= 0.3 is 0 Å². The number of fused-ring (bicyclic) bond motifs is 1. The van der Waals surface area contributed by atoms with E-state index in [0.717, 1.165) is 21.5 Å². The van der Waals surface area contributed by atoms with E-state index in [0.29, 0.717) is 6.54 Å². The SMILES string of the molecule is CNC[C@@H](O)[C@@H](c1ccccc1)n1ccc2cc(Cl)ccc21. The molecule has 0 aliphatic heterocycles. The number of aliphatic hydroxyl groups is 1. The summed E-state index contributed by atoms with van der Waals surface area (Å²) < 4.78 is 2.11. The Hall–Kier alpha value is -1.81. The first kappa shape index (κ1) is 15.1. The highest BCUT2D eigenvalue weighted by atomic mass is 35.5. The molecule has 3 aromatic rings. The van der Waals surface area contributed by atoms with E-state index in [-0.39, 0.29) is 6.04 Å². The third kappa shape index (κ3) is 2.88.